The Morgan fingerprint density at radius 3 is 2.68 bits per heavy atom. The summed E-state index contributed by atoms with van der Waals surface area (Å²) in [5, 5.41) is 4.81. The standard InChI is InChI=1S/C24H26N2O3S2/c1-3-17-7-9-19(10-8-17)22(27)16-31-24-26-20(15-30-24)14-23(28)25-12-11-18-5-4-6-21(13-18)29-2/h4-10,13,15H,3,11-12,14,16H2,1-2H3,(H,25,28). The highest BCUT2D eigenvalue weighted by atomic mass is 32.2. The first kappa shape index (κ1) is 23.0. The Kier molecular flexibility index (Phi) is 8.67. The van der Waals surface area contributed by atoms with Crippen molar-refractivity contribution in [3.63, 3.8) is 0 Å². The lowest BCUT2D eigenvalue weighted by atomic mass is 10.1. The second-order valence-electron chi connectivity index (χ2n) is 7.00. The number of thioether (sulfide) groups is 1. The number of aryl methyl sites for hydroxylation is 1. The molecule has 0 spiro atoms. The first-order valence-corrected chi connectivity index (χ1v) is 12.0. The lowest BCUT2D eigenvalue weighted by molar-refractivity contribution is -0.120. The van der Waals surface area contributed by atoms with E-state index in [1.54, 1.807) is 7.11 Å². The van der Waals surface area contributed by atoms with Crippen LogP contribution in [0.5, 0.6) is 5.75 Å². The molecule has 1 aromatic heterocycles. The normalized spacial score (nSPS) is 10.6. The monoisotopic (exact) mass is 454 g/mol. The maximum atomic E-state index is 12.4. The molecule has 0 aliphatic carbocycles. The quantitative estimate of drug-likeness (QED) is 0.339. The van der Waals surface area contributed by atoms with E-state index in [-0.39, 0.29) is 18.1 Å². The van der Waals surface area contributed by atoms with Gasteiger partial charge in [0, 0.05) is 17.5 Å². The van der Waals surface area contributed by atoms with Crippen LogP contribution in [0.2, 0.25) is 0 Å². The number of nitrogens with one attached hydrogen (secondary N) is 1. The summed E-state index contributed by atoms with van der Waals surface area (Å²) in [6.45, 7) is 2.65. The summed E-state index contributed by atoms with van der Waals surface area (Å²) in [4.78, 5) is 29.1. The van der Waals surface area contributed by atoms with Gasteiger partial charge in [-0.25, -0.2) is 4.98 Å². The maximum absolute atomic E-state index is 12.4. The summed E-state index contributed by atoms with van der Waals surface area (Å²) < 4.78 is 6.02. The first-order chi connectivity index (χ1) is 15.1. The van der Waals surface area contributed by atoms with Gasteiger partial charge >= 0.3 is 0 Å². The number of benzene rings is 2. The fraction of sp³-hybridized carbons (Fsp3) is 0.292. The average molecular weight is 455 g/mol. The molecule has 1 heterocycles. The van der Waals surface area contributed by atoms with E-state index in [1.807, 2.05) is 53.9 Å². The zero-order chi connectivity index (χ0) is 22.1. The molecule has 0 bridgehead atoms. The van der Waals surface area contributed by atoms with E-state index >= 15 is 0 Å². The van der Waals surface area contributed by atoms with Crippen LogP contribution in [0.15, 0.2) is 58.3 Å². The van der Waals surface area contributed by atoms with Gasteiger partial charge in [-0.15, -0.1) is 11.3 Å². The fourth-order valence-electron chi connectivity index (χ4n) is 2.97. The third-order valence-electron chi connectivity index (χ3n) is 4.75. The highest BCUT2D eigenvalue weighted by Gasteiger charge is 2.11. The Balaban J connectivity index is 1.41. The number of hydrogen-bond donors (Lipinski definition) is 1. The van der Waals surface area contributed by atoms with Crippen LogP contribution in [0.3, 0.4) is 0 Å². The number of nitrogens with zero attached hydrogens (tertiary/aromatic N) is 1. The number of thiazole rings is 1. The van der Waals surface area contributed by atoms with Crippen LogP contribution >= 0.6 is 23.1 Å². The SMILES string of the molecule is CCc1ccc(C(=O)CSc2nc(CC(=O)NCCc3cccc(OC)c3)cs2)cc1. The Morgan fingerprint density at radius 1 is 1.13 bits per heavy atom. The highest BCUT2D eigenvalue weighted by Crippen LogP contribution is 2.24. The Hall–Kier alpha value is -2.64. The second-order valence-corrected chi connectivity index (χ2v) is 9.08. The maximum Gasteiger partial charge on any atom is 0.226 e. The minimum Gasteiger partial charge on any atom is -0.497 e. The van der Waals surface area contributed by atoms with Gasteiger partial charge < -0.3 is 10.1 Å². The molecule has 0 radical (unpaired) electrons. The summed E-state index contributed by atoms with van der Waals surface area (Å²) >= 11 is 2.88. The zero-order valence-corrected chi connectivity index (χ0v) is 19.4. The molecule has 3 aromatic rings. The summed E-state index contributed by atoms with van der Waals surface area (Å²) in [6.07, 6.45) is 1.93. The lowest BCUT2D eigenvalue weighted by Gasteiger charge is -2.06. The fourth-order valence-corrected chi connectivity index (χ4v) is 4.71. The van der Waals surface area contributed by atoms with Gasteiger partial charge in [-0.3, -0.25) is 9.59 Å². The average Bonchev–Trinajstić information content (AvgIpc) is 3.24. The van der Waals surface area contributed by atoms with E-state index in [0.29, 0.717) is 12.3 Å². The second kappa shape index (κ2) is 11.7. The Morgan fingerprint density at radius 2 is 1.94 bits per heavy atom. The lowest BCUT2D eigenvalue weighted by Crippen LogP contribution is -2.27. The first-order valence-electron chi connectivity index (χ1n) is 10.2. The summed E-state index contributed by atoms with van der Waals surface area (Å²) in [7, 11) is 1.64. The van der Waals surface area contributed by atoms with E-state index in [1.165, 1.54) is 28.7 Å². The van der Waals surface area contributed by atoms with E-state index in [2.05, 4.69) is 17.2 Å². The molecule has 0 aliphatic heterocycles. The van der Waals surface area contributed by atoms with Gasteiger partial charge in [-0.05, 0) is 36.1 Å². The number of methoxy groups -OCH3 is 1. The van der Waals surface area contributed by atoms with Crippen LogP contribution in [-0.2, 0) is 24.1 Å². The van der Waals surface area contributed by atoms with Crippen molar-refractivity contribution in [1.82, 2.24) is 10.3 Å². The van der Waals surface area contributed by atoms with Crippen molar-refractivity contribution in [2.75, 3.05) is 19.4 Å². The van der Waals surface area contributed by atoms with Crippen molar-refractivity contribution in [3.8, 4) is 5.75 Å². The number of Topliss-reactive ketones (excluding diaryl/α,β-unsaturated/α-hetero) is 1. The van der Waals surface area contributed by atoms with Crippen LogP contribution in [0.25, 0.3) is 0 Å². The number of rotatable bonds is 11. The summed E-state index contributed by atoms with van der Waals surface area (Å²) in [6, 6.07) is 15.6. The minimum absolute atomic E-state index is 0.0585. The molecule has 0 atom stereocenters. The van der Waals surface area contributed by atoms with Gasteiger partial charge in [0.05, 0.1) is 25.0 Å². The third-order valence-corrected chi connectivity index (χ3v) is 6.82. The number of carbonyl (C=O) groups is 2. The third kappa shape index (κ3) is 7.22. The molecule has 0 unspecified atom stereocenters. The minimum atomic E-state index is -0.0585. The topological polar surface area (TPSA) is 68.3 Å². The molecule has 0 saturated carbocycles. The molecule has 0 saturated heterocycles. The molecule has 7 heteroatoms. The van der Waals surface area contributed by atoms with Crippen LogP contribution in [0.4, 0.5) is 0 Å². The number of aromatic nitrogens is 1. The highest BCUT2D eigenvalue weighted by molar-refractivity contribution is 8.01. The van der Waals surface area contributed by atoms with Gasteiger partial charge in [-0.2, -0.15) is 0 Å². The van der Waals surface area contributed by atoms with E-state index in [4.69, 9.17) is 4.74 Å². The van der Waals surface area contributed by atoms with Crippen molar-refractivity contribution in [2.45, 2.75) is 30.5 Å². The van der Waals surface area contributed by atoms with Gasteiger partial charge in [0.1, 0.15) is 5.75 Å². The van der Waals surface area contributed by atoms with E-state index < -0.39 is 0 Å². The Bertz CT molecular complexity index is 1020. The predicted octanol–water partition coefficient (Wildman–Crippen LogP) is 4.59. The van der Waals surface area contributed by atoms with Gasteiger partial charge in [0.2, 0.25) is 5.91 Å². The molecule has 2 aromatic carbocycles. The predicted molar refractivity (Wildman–Crippen MR) is 126 cm³/mol. The van der Waals surface area contributed by atoms with E-state index in [9.17, 15) is 9.59 Å². The van der Waals surface area contributed by atoms with Gasteiger partial charge in [-0.1, -0.05) is 55.1 Å². The Labute approximate surface area is 191 Å². The van der Waals surface area contributed by atoms with Crippen molar-refractivity contribution in [3.05, 3.63) is 76.3 Å². The van der Waals surface area contributed by atoms with Crippen LogP contribution in [0, 0.1) is 0 Å². The molecule has 5 nitrogen and oxygen atoms in total. The molecule has 0 fully saturated rings. The van der Waals surface area contributed by atoms with Gasteiger partial charge in [0.25, 0.3) is 0 Å². The number of hydrogen-bond acceptors (Lipinski definition) is 6. The van der Waals surface area contributed by atoms with Crippen LogP contribution in [-0.4, -0.2) is 36.1 Å². The summed E-state index contributed by atoms with van der Waals surface area (Å²) in [5.74, 6) is 1.18. The molecule has 0 aliphatic rings. The molecular formula is C24H26N2O3S2. The van der Waals surface area contributed by atoms with Crippen molar-refractivity contribution < 1.29 is 14.3 Å². The van der Waals surface area contributed by atoms with Crippen molar-refractivity contribution in [2.24, 2.45) is 0 Å². The number of ether oxygens (including phenoxy) is 1. The van der Waals surface area contributed by atoms with Crippen LogP contribution < -0.4 is 10.1 Å². The number of carbonyl (C=O) groups excluding carboxylic acids is 2. The van der Waals surface area contributed by atoms with Crippen molar-refractivity contribution in [1.29, 1.82) is 0 Å². The number of ketones is 1. The van der Waals surface area contributed by atoms with E-state index in [0.717, 1.165) is 39.8 Å². The summed E-state index contributed by atoms with van der Waals surface area (Å²) in [5.41, 5.74) is 3.78. The molecule has 162 valence electrons. The van der Waals surface area contributed by atoms with Crippen LogP contribution in [0.1, 0.15) is 34.1 Å². The zero-order valence-electron chi connectivity index (χ0n) is 17.7. The number of amides is 1. The van der Waals surface area contributed by atoms with Gasteiger partial charge in [0.15, 0.2) is 10.1 Å². The smallest absolute Gasteiger partial charge is 0.226 e. The molecule has 31 heavy (non-hydrogen) atoms. The molecular weight excluding hydrogens is 428 g/mol. The molecule has 1 N–H and O–H groups in total. The largest absolute Gasteiger partial charge is 0.497 e. The molecule has 1 amide bonds. The molecule has 3 rings (SSSR count). The van der Waals surface area contributed by atoms with Crippen molar-refractivity contribution >= 4 is 34.8 Å².